The second-order valence-corrected chi connectivity index (χ2v) is 1.50. The Labute approximate surface area is 53.4 Å². The fraction of sp³-hybridized carbons (Fsp3) is 0. The van der Waals surface area contributed by atoms with Crippen molar-refractivity contribution in [2.75, 3.05) is 0 Å². The third-order valence-electron chi connectivity index (χ3n) is 0. The molecule has 0 amide bonds. The Balaban J connectivity index is -0.0000000800. The van der Waals surface area contributed by atoms with Crippen LogP contribution in [0.5, 0.6) is 0 Å². The van der Waals surface area contributed by atoms with Crippen LogP contribution < -0.4 is 19.2 Å². The zero-order valence-electron chi connectivity index (χ0n) is 2.93. The minimum Gasteiger partial charge on any atom is -0.894 e. The molecule has 0 aromatic rings. The van der Waals surface area contributed by atoms with Crippen LogP contribution in [-0.2, 0) is 17.1 Å². The van der Waals surface area contributed by atoms with Gasteiger partial charge in [0.2, 0.25) is 0 Å². The molecule has 0 aromatic carbocycles. The second-order valence-electron chi connectivity index (χ2n) is 0.500. The van der Waals surface area contributed by atoms with Crippen molar-refractivity contribution in [2.24, 2.45) is 0 Å². The topological polar surface area (TPSA) is 92.2 Å². The fourth-order valence-electron chi connectivity index (χ4n) is 0. The summed E-state index contributed by atoms with van der Waals surface area (Å²) in [7, 11) is -5.61. The second kappa shape index (κ2) is 4.73. The van der Waals surface area contributed by atoms with Crippen molar-refractivity contribution in [2.45, 2.75) is 0 Å². The molecule has 6 heteroatoms. The molecule has 0 N–H and O–H groups in total. The van der Waals surface area contributed by atoms with Gasteiger partial charge in [-0.05, 0) is 0 Å². The van der Waals surface area contributed by atoms with Crippen LogP contribution >= 0.6 is 0 Å². The van der Waals surface area contributed by atoms with Crippen molar-refractivity contribution in [1.82, 2.24) is 0 Å². The molecule has 0 fully saturated rings. The van der Waals surface area contributed by atoms with E-state index in [-0.39, 0.29) is 24.5 Å². The molecule has 1 radical (unpaired) electrons. The summed E-state index contributed by atoms with van der Waals surface area (Å²) in [6.07, 6.45) is 0. The smallest absolute Gasteiger partial charge is 0.894 e. The van der Waals surface area contributed by atoms with Crippen LogP contribution in [0, 0.1) is 7.43 Å². The van der Waals surface area contributed by atoms with E-state index >= 15 is 0 Å². The summed E-state index contributed by atoms with van der Waals surface area (Å²) >= 11 is 0. The van der Waals surface area contributed by atoms with Gasteiger partial charge >= 0.3 is 24.5 Å². The third kappa shape index (κ3) is 415. The van der Waals surface area contributed by atoms with Gasteiger partial charge in [0, 0.05) is 0 Å². The van der Waals surface area contributed by atoms with Crippen LogP contribution in [-0.4, -0.2) is 9.05 Å². The van der Waals surface area contributed by atoms with Gasteiger partial charge in [-0.2, -0.15) is 0 Å². The molecule has 0 atom stereocenters. The zero-order chi connectivity index (χ0) is 4.50. The standard InChI is InChI=1S/C.Cu.O4Si/c;;1-5(2,3)4/q+4;+2;-4. The first-order chi connectivity index (χ1) is 2.00. The zero-order valence-corrected chi connectivity index (χ0v) is 4.88. The number of hydrogen-bond acceptors (Lipinski definition) is 4. The molecule has 0 aliphatic heterocycles. The summed E-state index contributed by atoms with van der Waals surface area (Å²) in [5.41, 5.74) is 0. The van der Waals surface area contributed by atoms with E-state index in [1.54, 1.807) is 0 Å². The Hall–Kier alpha value is 0.576. The molecule has 0 unspecified atom stereocenters. The van der Waals surface area contributed by atoms with Gasteiger partial charge in [-0.15, -0.1) is 0 Å². The number of hydrogen-bond donors (Lipinski definition) is 0. The first-order valence-corrected chi connectivity index (χ1v) is 2.45. The summed E-state index contributed by atoms with van der Waals surface area (Å²) < 4.78 is 0. The molecule has 0 aromatic heterocycles. The van der Waals surface area contributed by atoms with Gasteiger partial charge in [-0.3, -0.25) is 0 Å². The SMILES string of the molecule is [C+4].[Cu+2].[O-][Si]([O-])([O-])[O-]. The quantitative estimate of drug-likeness (QED) is 0.338. The molecular weight excluding hydrogens is 168 g/mol. The maximum Gasteiger partial charge on any atom is 4.00 e. The maximum atomic E-state index is 8.58. The van der Waals surface area contributed by atoms with Crippen molar-refractivity contribution >= 4 is 9.05 Å². The molecule has 0 aliphatic carbocycles. The predicted octanol–water partition coefficient (Wildman–Crippen LogP) is -5.06. The number of rotatable bonds is 0. The van der Waals surface area contributed by atoms with Crippen LogP contribution in [0.3, 0.4) is 0 Å². The van der Waals surface area contributed by atoms with Crippen LogP contribution in [0.25, 0.3) is 0 Å². The first-order valence-electron chi connectivity index (χ1n) is 0.816. The van der Waals surface area contributed by atoms with Gasteiger partial charge < -0.3 is 28.2 Å². The van der Waals surface area contributed by atoms with Crippen molar-refractivity contribution < 1.29 is 36.3 Å². The van der Waals surface area contributed by atoms with Gasteiger partial charge in [0.05, 0.1) is 0 Å². The summed E-state index contributed by atoms with van der Waals surface area (Å²) in [6, 6.07) is 0. The van der Waals surface area contributed by atoms with Gasteiger partial charge in [0.1, 0.15) is 0 Å². The summed E-state index contributed by atoms with van der Waals surface area (Å²) in [6.45, 7) is 0. The molecular formula is CCuO4Si+2. The average Bonchev–Trinajstić information content (AvgIpc) is 0.722. The Morgan fingerprint density at radius 3 is 0.857 bits per heavy atom. The summed E-state index contributed by atoms with van der Waals surface area (Å²) in [5, 5.41) is 0. The van der Waals surface area contributed by atoms with E-state index in [0.29, 0.717) is 0 Å². The van der Waals surface area contributed by atoms with Gasteiger partial charge in [-0.1, -0.05) is 0 Å². The van der Waals surface area contributed by atoms with E-state index in [1.165, 1.54) is 0 Å². The minimum atomic E-state index is -5.61. The van der Waals surface area contributed by atoms with Gasteiger partial charge in [0.15, 0.2) is 0 Å². The van der Waals surface area contributed by atoms with E-state index in [0.717, 1.165) is 0 Å². The van der Waals surface area contributed by atoms with Crippen molar-refractivity contribution in [1.29, 1.82) is 0 Å². The minimum absolute atomic E-state index is 0. The molecule has 0 saturated heterocycles. The molecule has 0 rings (SSSR count). The first kappa shape index (κ1) is 15.6. The molecule has 7 heavy (non-hydrogen) atoms. The monoisotopic (exact) mass is 167 g/mol. The van der Waals surface area contributed by atoms with E-state index in [2.05, 4.69) is 0 Å². The Bertz CT molecular complexity index is 27.2. The van der Waals surface area contributed by atoms with Crippen LogP contribution in [0.4, 0.5) is 0 Å². The molecule has 0 heterocycles. The van der Waals surface area contributed by atoms with Crippen molar-refractivity contribution in [3.8, 4) is 0 Å². The van der Waals surface area contributed by atoms with E-state index in [4.69, 9.17) is 19.2 Å². The molecule has 0 spiro atoms. The molecule has 0 bridgehead atoms. The fourth-order valence-corrected chi connectivity index (χ4v) is 0. The Kier molecular flexibility index (Phi) is 10.6. The maximum absolute atomic E-state index is 8.58. The van der Waals surface area contributed by atoms with E-state index < -0.39 is 9.05 Å². The summed E-state index contributed by atoms with van der Waals surface area (Å²) in [5.74, 6) is 0. The third-order valence-corrected chi connectivity index (χ3v) is 0. The van der Waals surface area contributed by atoms with E-state index in [9.17, 15) is 0 Å². The van der Waals surface area contributed by atoms with Crippen LogP contribution in [0.1, 0.15) is 0 Å². The Morgan fingerprint density at radius 2 is 0.857 bits per heavy atom. The van der Waals surface area contributed by atoms with Gasteiger partial charge in [0.25, 0.3) is 0 Å². The Morgan fingerprint density at radius 1 is 0.857 bits per heavy atom. The predicted molar refractivity (Wildman–Crippen MR) is 9.00 cm³/mol. The summed E-state index contributed by atoms with van der Waals surface area (Å²) in [4.78, 5) is 34.3. The average molecular weight is 168 g/mol. The van der Waals surface area contributed by atoms with Crippen LogP contribution in [0.15, 0.2) is 0 Å². The largest absolute Gasteiger partial charge is 4.00 e. The van der Waals surface area contributed by atoms with Crippen molar-refractivity contribution in [3.05, 3.63) is 7.43 Å². The van der Waals surface area contributed by atoms with Crippen LogP contribution in [0.2, 0.25) is 0 Å². The molecule has 0 aliphatic rings. The molecule has 0 saturated carbocycles. The van der Waals surface area contributed by atoms with E-state index in [1.807, 2.05) is 0 Å². The van der Waals surface area contributed by atoms with Crippen molar-refractivity contribution in [3.63, 3.8) is 0 Å². The normalized spacial score (nSPS) is 8.57. The van der Waals surface area contributed by atoms with Gasteiger partial charge in [-0.25, -0.2) is 0 Å². The molecule has 41 valence electrons. The molecule has 4 nitrogen and oxygen atoms in total.